The Kier molecular flexibility index (Phi) is 4.32. The zero-order valence-electron chi connectivity index (χ0n) is 8.33. The molecule has 78 valence electrons. The van der Waals surface area contributed by atoms with Crippen LogP contribution in [0.15, 0.2) is 22.9 Å². The molecule has 0 aliphatic rings. The number of aromatic nitrogens is 1. The number of hydrogen-bond acceptors (Lipinski definition) is 2. The highest BCUT2D eigenvalue weighted by molar-refractivity contribution is 9.10. The third-order valence-electron chi connectivity index (χ3n) is 1.88. The molecule has 1 heterocycles. The normalized spacial score (nSPS) is 11.5. The van der Waals surface area contributed by atoms with Crippen LogP contribution in [0.5, 0.6) is 0 Å². The molecular formula is C11H11BrN2O. The van der Waals surface area contributed by atoms with Gasteiger partial charge in [-0.25, -0.2) is 0 Å². The van der Waals surface area contributed by atoms with Gasteiger partial charge in [-0.05, 0) is 28.4 Å². The molecule has 0 saturated heterocycles. The molecule has 4 heteroatoms. The lowest BCUT2D eigenvalue weighted by atomic mass is 10.2. The molecule has 15 heavy (non-hydrogen) atoms. The third-order valence-corrected chi connectivity index (χ3v) is 2.32. The van der Waals surface area contributed by atoms with E-state index in [0.717, 1.165) is 4.47 Å². The zero-order valence-corrected chi connectivity index (χ0v) is 9.91. The summed E-state index contributed by atoms with van der Waals surface area (Å²) < 4.78 is 0.768. The van der Waals surface area contributed by atoms with Gasteiger partial charge in [0.05, 0.1) is 11.6 Å². The summed E-state index contributed by atoms with van der Waals surface area (Å²) in [6.45, 7) is 1.92. The Labute approximate surface area is 97.4 Å². The highest BCUT2D eigenvalue weighted by Crippen LogP contribution is 2.09. The van der Waals surface area contributed by atoms with E-state index in [4.69, 9.17) is 6.42 Å². The number of hydrogen-bond donors (Lipinski definition) is 1. The lowest BCUT2D eigenvalue weighted by Crippen LogP contribution is -2.33. The van der Waals surface area contributed by atoms with Crippen LogP contribution in [0.2, 0.25) is 0 Å². The largest absolute Gasteiger partial charge is 0.338 e. The van der Waals surface area contributed by atoms with Crippen LogP contribution in [0.4, 0.5) is 0 Å². The SMILES string of the molecule is C#CC(CC)NC(=O)c1cncc(Br)c1. The summed E-state index contributed by atoms with van der Waals surface area (Å²) in [4.78, 5) is 15.6. The van der Waals surface area contributed by atoms with E-state index >= 15 is 0 Å². The Hall–Kier alpha value is -1.34. The molecule has 0 saturated carbocycles. The van der Waals surface area contributed by atoms with E-state index in [1.165, 1.54) is 6.20 Å². The molecule has 1 aromatic rings. The maximum atomic E-state index is 11.7. The van der Waals surface area contributed by atoms with Crippen molar-refractivity contribution in [2.24, 2.45) is 0 Å². The fourth-order valence-electron chi connectivity index (χ4n) is 1.04. The van der Waals surface area contributed by atoms with E-state index in [2.05, 4.69) is 32.2 Å². The highest BCUT2D eigenvalue weighted by atomic mass is 79.9. The minimum atomic E-state index is -0.225. The first-order valence-electron chi connectivity index (χ1n) is 4.55. The second-order valence-electron chi connectivity index (χ2n) is 2.99. The van der Waals surface area contributed by atoms with Gasteiger partial charge in [0.25, 0.3) is 5.91 Å². The summed E-state index contributed by atoms with van der Waals surface area (Å²) in [5.74, 6) is 2.30. The van der Waals surface area contributed by atoms with Crippen molar-refractivity contribution in [1.29, 1.82) is 0 Å². The number of halogens is 1. The fraction of sp³-hybridized carbons (Fsp3) is 0.273. The minimum absolute atomic E-state index is 0.200. The number of carbonyl (C=O) groups excluding carboxylic acids is 1. The summed E-state index contributed by atoms with van der Waals surface area (Å²) in [6, 6.07) is 1.47. The first-order valence-corrected chi connectivity index (χ1v) is 5.34. The average molecular weight is 267 g/mol. The Bertz CT molecular complexity index is 398. The first-order chi connectivity index (χ1) is 7.17. The van der Waals surface area contributed by atoms with Gasteiger partial charge in [-0.2, -0.15) is 0 Å². The second kappa shape index (κ2) is 5.52. The topological polar surface area (TPSA) is 42.0 Å². The molecule has 0 aromatic carbocycles. The van der Waals surface area contributed by atoms with Crippen LogP contribution in [-0.2, 0) is 0 Å². The van der Waals surface area contributed by atoms with E-state index < -0.39 is 0 Å². The van der Waals surface area contributed by atoms with Gasteiger partial charge in [-0.1, -0.05) is 12.8 Å². The van der Waals surface area contributed by atoms with Gasteiger partial charge >= 0.3 is 0 Å². The van der Waals surface area contributed by atoms with Gasteiger partial charge in [-0.15, -0.1) is 6.42 Å². The van der Waals surface area contributed by atoms with E-state index in [0.29, 0.717) is 12.0 Å². The van der Waals surface area contributed by atoms with E-state index in [9.17, 15) is 4.79 Å². The summed E-state index contributed by atoms with van der Waals surface area (Å²) in [5, 5.41) is 2.72. The smallest absolute Gasteiger partial charge is 0.253 e. The van der Waals surface area contributed by atoms with Crippen LogP contribution in [0.1, 0.15) is 23.7 Å². The maximum Gasteiger partial charge on any atom is 0.253 e. The molecule has 1 rings (SSSR count). The number of terminal acetylenes is 1. The number of carbonyl (C=O) groups is 1. The third kappa shape index (κ3) is 3.37. The van der Waals surface area contributed by atoms with Crippen molar-refractivity contribution in [3.05, 3.63) is 28.5 Å². The number of pyridine rings is 1. The monoisotopic (exact) mass is 266 g/mol. The maximum absolute atomic E-state index is 11.7. The van der Waals surface area contributed by atoms with Gasteiger partial charge in [0, 0.05) is 16.9 Å². The van der Waals surface area contributed by atoms with Crippen molar-refractivity contribution >= 4 is 21.8 Å². The fourth-order valence-corrected chi connectivity index (χ4v) is 1.40. The van der Waals surface area contributed by atoms with Gasteiger partial charge < -0.3 is 5.32 Å². The standard InChI is InChI=1S/C11H11BrN2O/c1-3-10(4-2)14-11(15)8-5-9(12)7-13-6-8/h1,5-7,10H,4H2,2H3,(H,14,15). The van der Waals surface area contributed by atoms with Crippen LogP contribution in [-0.4, -0.2) is 16.9 Å². The predicted octanol–water partition coefficient (Wildman–Crippen LogP) is 1.99. The molecule has 3 nitrogen and oxygen atoms in total. The molecular weight excluding hydrogens is 256 g/mol. The lowest BCUT2D eigenvalue weighted by molar-refractivity contribution is 0.0944. The van der Waals surface area contributed by atoms with Crippen LogP contribution in [0.25, 0.3) is 0 Å². The van der Waals surface area contributed by atoms with Crippen molar-refractivity contribution in [2.45, 2.75) is 19.4 Å². The predicted molar refractivity (Wildman–Crippen MR) is 62.3 cm³/mol. The summed E-state index contributed by atoms with van der Waals surface area (Å²) in [6.07, 6.45) is 9.09. The van der Waals surface area contributed by atoms with Gasteiger partial charge in [-0.3, -0.25) is 9.78 Å². The Morgan fingerprint density at radius 3 is 3.00 bits per heavy atom. The highest BCUT2D eigenvalue weighted by Gasteiger charge is 2.10. The first kappa shape index (κ1) is 11.7. The number of nitrogens with zero attached hydrogens (tertiary/aromatic N) is 1. The van der Waals surface area contributed by atoms with Crippen molar-refractivity contribution in [1.82, 2.24) is 10.3 Å². The molecule has 1 amide bonds. The van der Waals surface area contributed by atoms with E-state index in [1.54, 1.807) is 12.3 Å². The Morgan fingerprint density at radius 1 is 1.73 bits per heavy atom. The average Bonchev–Trinajstić information content (AvgIpc) is 2.25. The van der Waals surface area contributed by atoms with Gasteiger partial charge in [0.2, 0.25) is 0 Å². The molecule has 0 aliphatic carbocycles. The summed E-state index contributed by atoms with van der Waals surface area (Å²) in [5.41, 5.74) is 0.498. The number of nitrogens with one attached hydrogen (secondary N) is 1. The molecule has 1 unspecified atom stereocenters. The lowest BCUT2D eigenvalue weighted by Gasteiger charge is -2.10. The van der Waals surface area contributed by atoms with Crippen molar-refractivity contribution < 1.29 is 4.79 Å². The van der Waals surface area contributed by atoms with E-state index in [1.807, 2.05) is 6.92 Å². The molecule has 0 spiro atoms. The number of rotatable bonds is 3. The molecule has 0 fully saturated rings. The zero-order chi connectivity index (χ0) is 11.3. The van der Waals surface area contributed by atoms with Crippen LogP contribution in [0.3, 0.4) is 0 Å². The van der Waals surface area contributed by atoms with E-state index in [-0.39, 0.29) is 11.9 Å². The second-order valence-corrected chi connectivity index (χ2v) is 3.91. The Morgan fingerprint density at radius 2 is 2.47 bits per heavy atom. The summed E-state index contributed by atoms with van der Waals surface area (Å²) >= 11 is 3.25. The molecule has 0 aliphatic heterocycles. The minimum Gasteiger partial charge on any atom is -0.338 e. The van der Waals surface area contributed by atoms with Crippen LogP contribution >= 0.6 is 15.9 Å². The van der Waals surface area contributed by atoms with Crippen LogP contribution in [0, 0.1) is 12.3 Å². The van der Waals surface area contributed by atoms with Crippen LogP contribution < -0.4 is 5.32 Å². The molecule has 1 atom stereocenters. The quantitative estimate of drug-likeness (QED) is 0.851. The molecule has 0 bridgehead atoms. The number of amides is 1. The van der Waals surface area contributed by atoms with Gasteiger partial charge in [0.1, 0.15) is 0 Å². The molecule has 0 radical (unpaired) electrons. The molecule has 1 aromatic heterocycles. The summed E-state index contributed by atoms with van der Waals surface area (Å²) in [7, 11) is 0. The Balaban J connectivity index is 2.74. The molecule has 1 N–H and O–H groups in total. The van der Waals surface area contributed by atoms with Crippen molar-refractivity contribution in [3.63, 3.8) is 0 Å². The van der Waals surface area contributed by atoms with Crippen molar-refractivity contribution in [3.8, 4) is 12.3 Å². The van der Waals surface area contributed by atoms with Gasteiger partial charge in [0.15, 0.2) is 0 Å². The van der Waals surface area contributed by atoms with Crippen molar-refractivity contribution in [2.75, 3.05) is 0 Å².